The Labute approximate surface area is 171 Å². The number of nitrogens with one attached hydrogen (secondary N) is 1. The van der Waals surface area contributed by atoms with E-state index < -0.39 is 0 Å². The zero-order valence-electron chi connectivity index (χ0n) is 16.6. The third-order valence-electron chi connectivity index (χ3n) is 5.90. The van der Waals surface area contributed by atoms with E-state index in [0.29, 0.717) is 6.04 Å². The molecule has 0 spiro atoms. The van der Waals surface area contributed by atoms with Gasteiger partial charge in [-0.3, -0.25) is 0 Å². The average molecular weight is 383 g/mol. The monoisotopic (exact) mass is 382 g/mol. The van der Waals surface area contributed by atoms with Gasteiger partial charge in [0.25, 0.3) is 0 Å². The van der Waals surface area contributed by atoms with E-state index in [0.717, 1.165) is 22.5 Å². The minimum absolute atomic E-state index is 0.485. The first-order chi connectivity index (χ1) is 14.4. The fraction of sp³-hybridized carbons (Fsp3) is 0.280. The van der Waals surface area contributed by atoms with Gasteiger partial charge in [0.1, 0.15) is 12.1 Å². The van der Waals surface area contributed by atoms with Gasteiger partial charge in [0.15, 0.2) is 5.65 Å². The molecule has 0 radical (unpaired) electrons. The molecule has 1 fully saturated rings. The Morgan fingerprint density at radius 1 is 0.793 bits per heavy atom. The molecule has 0 unspecified atom stereocenters. The van der Waals surface area contributed by atoms with Crippen LogP contribution in [0.1, 0.15) is 38.5 Å². The maximum Gasteiger partial charge on any atom is 0.150 e. The zero-order valence-corrected chi connectivity index (χ0v) is 16.6. The zero-order chi connectivity index (χ0) is 19.5. The van der Waals surface area contributed by atoms with Gasteiger partial charge in [-0.2, -0.15) is 0 Å². The van der Waals surface area contributed by atoms with Gasteiger partial charge in [0.05, 0.1) is 5.39 Å². The molecule has 0 amide bonds. The number of nitrogens with zero attached hydrogens (tertiary/aromatic N) is 3. The van der Waals surface area contributed by atoms with Crippen LogP contribution in [-0.2, 0) is 0 Å². The minimum atomic E-state index is 0.485. The number of benzene rings is 2. The molecule has 4 nitrogen and oxygen atoms in total. The van der Waals surface area contributed by atoms with E-state index in [9.17, 15) is 0 Å². The highest BCUT2D eigenvalue weighted by Gasteiger charge is 2.20. The molecular weight excluding hydrogens is 356 g/mol. The molecule has 0 atom stereocenters. The second kappa shape index (κ2) is 8.08. The van der Waals surface area contributed by atoms with Crippen molar-refractivity contribution in [2.75, 3.05) is 5.32 Å². The Bertz CT molecular complexity index is 1080. The highest BCUT2D eigenvalue weighted by Crippen LogP contribution is 2.36. The normalized spacial score (nSPS) is 15.3. The lowest BCUT2D eigenvalue weighted by molar-refractivity contribution is 0.618. The van der Waals surface area contributed by atoms with Crippen molar-refractivity contribution in [3.05, 3.63) is 73.2 Å². The first-order valence-corrected chi connectivity index (χ1v) is 10.6. The van der Waals surface area contributed by atoms with Crippen LogP contribution in [0.5, 0.6) is 0 Å². The number of hydrogen-bond donors (Lipinski definition) is 1. The van der Waals surface area contributed by atoms with Gasteiger partial charge in [-0.1, -0.05) is 74.2 Å². The fourth-order valence-electron chi connectivity index (χ4n) is 4.41. The van der Waals surface area contributed by atoms with Crippen LogP contribution < -0.4 is 5.32 Å². The maximum absolute atomic E-state index is 4.69. The SMILES string of the molecule is c1ccc(-c2cn(-c3ccccc3)c3ncnc(NC4CCCCCC4)c23)cc1. The first-order valence-electron chi connectivity index (χ1n) is 10.6. The van der Waals surface area contributed by atoms with E-state index in [1.54, 1.807) is 6.33 Å². The Morgan fingerprint density at radius 3 is 2.21 bits per heavy atom. The summed E-state index contributed by atoms with van der Waals surface area (Å²) in [4.78, 5) is 9.38. The van der Waals surface area contributed by atoms with Crippen molar-refractivity contribution in [1.82, 2.24) is 14.5 Å². The van der Waals surface area contributed by atoms with Crippen LogP contribution in [0, 0.1) is 0 Å². The van der Waals surface area contributed by atoms with Crippen LogP contribution in [0.25, 0.3) is 27.8 Å². The minimum Gasteiger partial charge on any atom is -0.367 e. The molecule has 2 aromatic carbocycles. The molecule has 4 heteroatoms. The summed E-state index contributed by atoms with van der Waals surface area (Å²) in [5.41, 5.74) is 4.41. The van der Waals surface area contributed by atoms with Crippen molar-refractivity contribution in [1.29, 1.82) is 0 Å². The highest BCUT2D eigenvalue weighted by atomic mass is 15.1. The average Bonchev–Trinajstić information content (AvgIpc) is 2.99. The molecule has 0 saturated heterocycles. The second-order valence-corrected chi connectivity index (χ2v) is 7.87. The highest BCUT2D eigenvalue weighted by molar-refractivity contribution is 6.02. The molecule has 2 heterocycles. The van der Waals surface area contributed by atoms with E-state index in [4.69, 9.17) is 0 Å². The molecule has 1 N–H and O–H groups in total. The first kappa shape index (κ1) is 17.9. The van der Waals surface area contributed by atoms with Gasteiger partial charge in [-0.25, -0.2) is 9.97 Å². The third kappa shape index (κ3) is 3.63. The van der Waals surface area contributed by atoms with Crippen LogP contribution in [0.4, 0.5) is 5.82 Å². The standard InChI is InChI=1S/C25H26N4/c1-2-8-14-20(13-7-1)28-24-23-22(19-11-5-3-6-12-19)17-29(25(23)27-18-26-24)21-15-9-4-10-16-21/h3-6,9-12,15-18,20H,1-2,7-8,13-14H2,(H,26,27,28). The van der Waals surface area contributed by atoms with Gasteiger partial charge in [-0.05, 0) is 30.5 Å². The number of rotatable bonds is 4. The third-order valence-corrected chi connectivity index (χ3v) is 5.90. The van der Waals surface area contributed by atoms with Crippen molar-refractivity contribution < 1.29 is 0 Å². The van der Waals surface area contributed by atoms with Gasteiger partial charge in [-0.15, -0.1) is 0 Å². The summed E-state index contributed by atoms with van der Waals surface area (Å²) in [7, 11) is 0. The number of aromatic nitrogens is 3. The lowest BCUT2D eigenvalue weighted by Crippen LogP contribution is -2.19. The van der Waals surface area contributed by atoms with Crippen LogP contribution in [0.3, 0.4) is 0 Å². The van der Waals surface area contributed by atoms with Crippen LogP contribution >= 0.6 is 0 Å². The van der Waals surface area contributed by atoms with E-state index in [2.05, 4.69) is 80.6 Å². The van der Waals surface area contributed by atoms with Crippen molar-refractivity contribution in [2.24, 2.45) is 0 Å². The summed E-state index contributed by atoms with van der Waals surface area (Å²) < 4.78 is 2.18. The Kier molecular flexibility index (Phi) is 4.99. The molecule has 0 aliphatic heterocycles. The van der Waals surface area contributed by atoms with Crippen LogP contribution in [0.15, 0.2) is 73.2 Å². The summed E-state index contributed by atoms with van der Waals surface area (Å²) in [5.74, 6) is 0.954. The number of para-hydroxylation sites is 1. The van der Waals surface area contributed by atoms with Gasteiger partial charge in [0, 0.05) is 23.5 Å². The van der Waals surface area contributed by atoms with Crippen molar-refractivity contribution in [3.63, 3.8) is 0 Å². The summed E-state index contributed by atoms with van der Waals surface area (Å²) in [6.07, 6.45) is 11.6. The molecule has 4 aromatic rings. The Balaban J connectivity index is 1.67. The molecular formula is C25H26N4. The van der Waals surface area contributed by atoms with Gasteiger partial charge >= 0.3 is 0 Å². The molecule has 5 rings (SSSR count). The summed E-state index contributed by atoms with van der Waals surface area (Å²) >= 11 is 0. The lowest BCUT2D eigenvalue weighted by Gasteiger charge is -2.18. The van der Waals surface area contributed by atoms with E-state index in [-0.39, 0.29) is 0 Å². The molecule has 2 aromatic heterocycles. The molecule has 1 saturated carbocycles. The predicted molar refractivity (Wildman–Crippen MR) is 119 cm³/mol. The van der Waals surface area contributed by atoms with E-state index in [1.807, 2.05) is 6.07 Å². The fourth-order valence-corrected chi connectivity index (χ4v) is 4.41. The molecule has 29 heavy (non-hydrogen) atoms. The topological polar surface area (TPSA) is 42.7 Å². The smallest absolute Gasteiger partial charge is 0.150 e. The van der Waals surface area contributed by atoms with Crippen LogP contribution in [-0.4, -0.2) is 20.6 Å². The Hall–Kier alpha value is -3.14. The van der Waals surface area contributed by atoms with Crippen molar-refractivity contribution in [2.45, 2.75) is 44.6 Å². The Morgan fingerprint density at radius 2 is 1.48 bits per heavy atom. The van der Waals surface area contributed by atoms with Crippen LogP contribution in [0.2, 0.25) is 0 Å². The lowest BCUT2D eigenvalue weighted by atomic mass is 10.1. The largest absolute Gasteiger partial charge is 0.367 e. The van der Waals surface area contributed by atoms with Gasteiger partial charge < -0.3 is 9.88 Å². The number of hydrogen-bond acceptors (Lipinski definition) is 3. The quantitative estimate of drug-likeness (QED) is 0.426. The summed E-state index contributed by atoms with van der Waals surface area (Å²) in [6, 6.07) is 21.4. The molecule has 146 valence electrons. The molecule has 1 aliphatic carbocycles. The maximum atomic E-state index is 4.69. The molecule has 0 bridgehead atoms. The second-order valence-electron chi connectivity index (χ2n) is 7.87. The van der Waals surface area contributed by atoms with Crippen molar-refractivity contribution >= 4 is 16.9 Å². The summed E-state index contributed by atoms with van der Waals surface area (Å²) in [5, 5.41) is 4.88. The summed E-state index contributed by atoms with van der Waals surface area (Å²) in [6.45, 7) is 0. The predicted octanol–water partition coefficient (Wildman–Crippen LogP) is 6.22. The van der Waals surface area contributed by atoms with Crippen molar-refractivity contribution in [3.8, 4) is 16.8 Å². The molecule has 1 aliphatic rings. The van der Waals surface area contributed by atoms with Gasteiger partial charge in [0.2, 0.25) is 0 Å². The number of fused-ring (bicyclic) bond motifs is 1. The van der Waals surface area contributed by atoms with E-state index in [1.165, 1.54) is 49.7 Å². The number of anilines is 1. The van der Waals surface area contributed by atoms with E-state index >= 15 is 0 Å².